The largest absolute Gasteiger partial charge is 0.284 e. The van der Waals surface area contributed by atoms with Crippen molar-refractivity contribution in [3.63, 3.8) is 0 Å². The Morgan fingerprint density at radius 1 is 0.793 bits per heavy atom. The molecule has 0 spiro atoms. The third-order valence-corrected chi connectivity index (χ3v) is 5.13. The molecule has 4 rings (SSSR count). The molecule has 1 aliphatic rings. The van der Waals surface area contributed by atoms with Crippen molar-refractivity contribution >= 4 is 22.8 Å². The first-order chi connectivity index (χ1) is 13.8. The van der Waals surface area contributed by atoms with Crippen molar-refractivity contribution < 1.29 is 9.85 Å². The van der Waals surface area contributed by atoms with Crippen LogP contribution < -0.4 is 0 Å². The number of fused-ring (bicyclic) bond motifs is 3. The van der Waals surface area contributed by atoms with Crippen LogP contribution >= 0.6 is 0 Å². The summed E-state index contributed by atoms with van der Waals surface area (Å²) in [6, 6.07) is 13.8. The van der Waals surface area contributed by atoms with Gasteiger partial charge in [0.2, 0.25) is 0 Å². The van der Waals surface area contributed by atoms with Crippen LogP contribution in [0.25, 0.3) is 11.1 Å². The Balaban J connectivity index is 2.12. The van der Waals surface area contributed by atoms with Crippen LogP contribution in [-0.2, 0) is 0 Å². The Bertz CT molecular complexity index is 1220. The maximum atomic E-state index is 11.7. The summed E-state index contributed by atoms with van der Waals surface area (Å²) in [5.41, 5.74) is 5.75. The number of hydrogen-bond acceptors (Lipinski definition) is 5. The monoisotopic (exact) mass is 387 g/mol. The smallest absolute Gasteiger partial charge is 0.258 e. The van der Waals surface area contributed by atoms with Gasteiger partial charge in [0.25, 0.3) is 11.4 Å². The van der Waals surface area contributed by atoms with Gasteiger partial charge in [-0.25, -0.2) is 4.99 Å². The molecule has 0 unspecified atom stereocenters. The molecule has 0 aliphatic heterocycles. The highest BCUT2D eigenvalue weighted by Gasteiger charge is 2.35. The van der Waals surface area contributed by atoms with Gasteiger partial charge in [-0.05, 0) is 43.5 Å². The number of hydrogen-bond donors (Lipinski definition) is 0. The van der Waals surface area contributed by atoms with E-state index in [0.29, 0.717) is 22.4 Å². The fourth-order valence-corrected chi connectivity index (χ4v) is 3.76. The van der Waals surface area contributed by atoms with Gasteiger partial charge in [-0.1, -0.05) is 35.9 Å². The summed E-state index contributed by atoms with van der Waals surface area (Å²) in [4.78, 5) is 26.8. The first-order valence-corrected chi connectivity index (χ1v) is 9.01. The molecule has 1 aliphatic carbocycles. The number of nitro groups is 2. The lowest BCUT2D eigenvalue weighted by Crippen LogP contribution is -2.02. The maximum absolute atomic E-state index is 11.7. The van der Waals surface area contributed by atoms with E-state index in [1.54, 1.807) is 0 Å². The molecule has 0 saturated heterocycles. The summed E-state index contributed by atoms with van der Waals surface area (Å²) in [5.74, 6) is 0. The van der Waals surface area contributed by atoms with Crippen LogP contribution in [0.5, 0.6) is 0 Å². The van der Waals surface area contributed by atoms with E-state index < -0.39 is 9.85 Å². The third-order valence-electron chi connectivity index (χ3n) is 5.13. The van der Waals surface area contributed by atoms with Crippen molar-refractivity contribution in [1.82, 2.24) is 0 Å². The van der Waals surface area contributed by atoms with Gasteiger partial charge in [0, 0.05) is 17.2 Å². The standard InChI is InChI=1S/C22H17N3O4/c1-12-7-8-16-17(9-12)22(23-21-13(2)5-4-6-14(21)3)18-10-15(24(26)27)11-19(20(16)18)25(28)29/h4-11H,1-3H3. The van der Waals surface area contributed by atoms with Crippen molar-refractivity contribution in [1.29, 1.82) is 0 Å². The highest BCUT2D eigenvalue weighted by molar-refractivity contribution is 6.26. The number of aliphatic imine (C=N–C) groups is 1. The van der Waals surface area contributed by atoms with E-state index in [1.807, 2.05) is 57.2 Å². The van der Waals surface area contributed by atoms with Gasteiger partial charge in [0.15, 0.2) is 0 Å². The van der Waals surface area contributed by atoms with Gasteiger partial charge < -0.3 is 0 Å². The SMILES string of the molecule is Cc1ccc2c(c1)C(=Nc1c(C)cccc1C)c1cc([N+](=O)[O-])cc([N+](=O)[O-])c1-2. The molecule has 0 atom stereocenters. The van der Waals surface area contributed by atoms with Crippen molar-refractivity contribution in [2.75, 3.05) is 0 Å². The van der Waals surface area contributed by atoms with Crippen LogP contribution in [0.4, 0.5) is 17.1 Å². The molecule has 0 bridgehead atoms. The highest BCUT2D eigenvalue weighted by Crippen LogP contribution is 2.46. The molecule has 3 aromatic rings. The molecule has 0 N–H and O–H groups in total. The topological polar surface area (TPSA) is 98.6 Å². The summed E-state index contributed by atoms with van der Waals surface area (Å²) < 4.78 is 0. The van der Waals surface area contributed by atoms with Gasteiger partial charge in [-0.3, -0.25) is 20.2 Å². The molecule has 0 saturated carbocycles. The molecule has 144 valence electrons. The second-order valence-electron chi connectivity index (χ2n) is 7.15. The molecular formula is C22H17N3O4. The van der Waals surface area contributed by atoms with Gasteiger partial charge in [-0.2, -0.15) is 0 Å². The fourth-order valence-electron chi connectivity index (χ4n) is 3.76. The van der Waals surface area contributed by atoms with Crippen LogP contribution in [0.15, 0.2) is 53.5 Å². The summed E-state index contributed by atoms with van der Waals surface area (Å²) in [5, 5.41) is 23.1. The molecule has 0 heterocycles. The number of para-hydroxylation sites is 1. The normalized spacial score (nSPS) is 13.3. The molecular weight excluding hydrogens is 370 g/mol. The minimum absolute atomic E-state index is 0.286. The lowest BCUT2D eigenvalue weighted by Gasteiger charge is -2.08. The molecule has 0 aromatic heterocycles. The van der Waals surface area contributed by atoms with E-state index in [-0.39, 0.29) is 11.4 Å². The summed E-state index contributed by atoms with van der Waals surface area (Å²) in [6.07, 6.45) is 0. The predicted molar refractivity (Wildman–Crippen MR) is 111 cm³/mol. The van der Waals surface area contributed by atoms with Crippen molar-refractivity contribution in [3.05, 3.63) is 96.6 Å². The van der Waals surface area contributed by atoms with Crippen LogP contribution in [-0.4, -0.2) is 15.6 Å². The van der Waals surface area contributed by atoms with E-state index in [0.717, 1.165) is 34.0 Å². The molecule has 0 radical (unpaired) electrons. The predicted octanol–water partition coefficient (Wildman–Crippen LogP) is 5.58. The summed E-state index contributed by atoms with van der Waals surface area (Å²) in [6.45, 7) is 5.81. The number of nitro benzene ring substituents is 2. The Kier molecular flexibility index (Phi) is 4.23. The molecule has 7 heteroatoms. The first-order valence-electron chi connectivity index (χ1n) is 9.01. The van der Waals surface area contributed by atoms with Crippen LogP contribution in [0.2, 0.25) is 0 Å². The second kappa shape index (κ2) is 6.63. The molecule has 3 aromatic carbocycles. The Hall–Kier alpha value is -3.87. The van der Waals surface area contributed by atoms with Crippen molar-refractivity contribution in [3.8, 4) is 11.1 Å². The van der Waals surface area contributed by atoms with Crippen LogP contribution in [0.3, 0.4) is 0 Å². The quantitative estimate of drug-likeness (QED) is 0.338. The van der Waals surface area contributed by atoms with E-state index in [2.05, 4.69) is 0 Å². The van der Waals surface area contributed by atoms with E-state index in [9.17, 15) is 20.2 Å². The highest BCUT2D eigenvalue weighted by atomic mass is 16.6. The third kappa shape index (κ3) is 2.97. The summed E-state index contributed by atoms with van der Waals surface area (Å²) >= 11 is 0. The average molecular weight is 387 g/mol. The first kappa shape index (κ1) is 18.5. The average Bonchev–Trinajstić information content (AvgIpc) is 2.96. The Labute approximate surface area is 166 Å². The number of rotatable bonds is 3. The van der Waals surface area contributed by atoms with Gasteiger partial charge in [-0.15, -0.1) is 0 Å². The van der Waals surface area contributed by atoms with Gasteiger partial charge in [0.1, 0.15) is 0 Å². The zero-order valence-corrected chi connectivity index (χ0v) is 16.1. The Morgan fingerprint density at radius 2 is 1.48 bits per heavy atom. The maximum Gasteiger partial charge on any atom is 0.284 e. The van der Waals surface area contributed by atoms with Gasteiger partial charge in [0.05, 0.1) is 32.9 Å². The zero-order valence-electron chi connectivity index (χ0n) is 16.1. The number of benzene rings is 3. The van der Waals surface area contributed by atoms with Crippen molar-refractivity contribution in [2.45, 2.75) is 20.8 Å². The van der Waals surface area contributed by atoms with Crippen LogP contribution in [0, 0.1) is 41.0 Å². The van der Waals surface area contributed by atoms with Crippen molar-refractivity contribution in [2.24, 2.45) is 4.99 Å². The molecule has 0 amide bonds. The van der Waals surface area contributed by atoms with E-state index in [1.165, 1.54) is 6.07 Å². The van der Waals surface area contributed by atoms with Crippen LogP contribution in [0.1, 0.15) is 27.8 Å². The number of nitrogens with zero attached hydrogens (tertiary/aromatic N) is 3. The van der Waals surface area contributed by atoms with E-state index in [4.69, 9.17) is 4.99 Å². The minimum atomic E-state index is -0.613. The Morgan fingerprint density at radius 3 is 2.10 bits per heavy atom. The van der Waals surface area contributed by atoms with Gasteiger partial charge >= 0.3 is 0 Å². The fraction of sp³-hybridized carbons (Fsp3) is 0.136. The summed E-state index contributed by atoms with van der Waals surface area (Å²) in [7, 11) is 0. The molecule has 29 heavy (non-hydrogen) atoms. The lowest BCUT2D eigenvalue weighted by molar-refractivity contribution is -0.393. The number of aryl methyl sites for hydroxylation is 3. The minimum Gasteiger partial charge on any atom is -0.258 e. The molecule has 7 nitrogen and oxygen atoms in total. The zero-order chi connectivity index (χ0) is 20.9. The second-order valence-corrected chi connectivity index (χ2v) is 7.15. The van der Waals surface area contributed by atoms with E-state index >= 15 is 0 Å². The lowest BCUT2D eigenvalue weighted by atomic mass is 10.0. The number of non-ortho nitro benzene ring substituents is 1. The molecule has 0 fully saturated rings.